The van der Waals surface area contributed by atoms with Crippen LogP contribution in [0.5, 0.6) is 11.5 Å². The number of nitrogens with two attached hydrogens (primary N) is 1. The number of carbonyl (C=O) groups excluding carboxylic acids is 2. The summed E-state index contributed by atoms with van der Waals surface area (Å²) in [6.45, 7) is 1.51. The number of methoxy groups -OCH3 is 2. The van der Waals surface area contributed by atoms with Crippen molar-refractivity contribution in [1.29, 1.82) is 0 Å². The summed E-state index contributed by atoms with van der Waals surface area (Å²) in [7, 11) is 3.20. The molecule has 1 aliphatic carbocycles. The summed E-state index contributed by atoms with van der Waals surface area (Å²) in [5, 5.41) is 3.04. The molecule has 2 amide bonds. The molecule has 1 aromatic carbocycles. The van der Waals surface area contributed by atoms with E-state index in [9.17, 15) is 9.59 Å². The third-order valence-corrected chi connectivity index (χ3v) is 5.48. The van der Waals surface area contributed by atoms with Crippen LogP contribution in [0.2, 0.25) is 0 Å². The van der Waals surface area contributed by atoms with E-state index in [4.69, 9.17) is 15.2 Å². The maximum atomic E-state index is 12.5. The van der Waals surface area contributed by atoms with Gasteiger partial charge in [-0.05, 0) is 42.9 Å². The van der Waals surface area contributed by atoms with Gasteiger partial charge in [0.05, 0.1) is 20.1 Å². The SMILES string of the molecule is COc1ccc(CCN2CC(C(=O)NC(CN)C3CC3)CC2=O)cc1OC. The molecule has 7 heteroatoms. The summed E-state index contributed by atoms with van der Waals surface area (Å²) >= 11 is 0. The van der Waals surface area contributed by atoms with Crippen molar-refractivity contribution in [2.75, 3.05) is 33.9 Å². The number of nitrogens with one attached hydrogen (secondary N) is 1. The fourth-order valence-electron chi connectivity index (χ4n) is 3.63. The number of hydrogen-bond donors (Lipinski definition) is 2. The Morgan fingerprint density at radius 2 is 2.04 bits per heavy atom. The van der Waals surface area contributed by atoms with Crippen LogP contribution < -0.4 is 20.5 Å². The lowest BCUT2D eigenvalue weighted by atomic mass is 10.1. The number of amides is 2. The highest BCUT2D eigenvalue weighted by atomic mass is 16.5. The van der Waals surface area contributed by atoms with E-state index in [1.165, 1.54) is 0 Å². The van der Waals surface area contributed by atoms with E-state index < -0.39 is 0 Å². The first kappa shape index (κ1) is 19.5. The van der Waals surface area contributed by atoms with Crippen LogP contribution in [0.1, 0.15) is 24.8 Å². The minimum atomic E-state index is -0.282. The summed E-state index contributed by atoms with van der Waals surface area (Å²) in [4.78, 5) is 26.6. The van der Waals surface area contributed by atoms with Crippen molar-refractivity contribution in [2.24, 2.45) is 17.6 Å². The number of rotatable bonds is 9. The quantitative estimate of drug-likeness (QED) is 0.670. The van der Waals surface area contributed by atoms with Gasteiger partial charge in [-0.3, -0.25) is 9.59 Å². The molecule has 1 saturated heterocycles. The number of hydrogen-bond acceptors (Lipinski definition) is 5. The van der Waals surface area contributed by atoms with Crippen molar-refractivity contribution >= 4 is 11.8 Å². The van der Waals surface area contributed by atoms with Gasteiger partial charge in [0.15, 0.2) is 11.5 Å². The molecule has 3 rings (SSSR count). The van der Waals surface area contributed by atoms with Gasteiger partial charge in [-0.2, -0.15) is 0 Å². The molecule has 2 unspecified atom stereocenters. The number of ether oxygens (including phenoxy) is 2. The predicted octanol–water partition coefficient (Wildman–Crippen LogP) is 0.948. The van der Waals surface area contributed by atoms with Gasteiger partial charge in [0.1, 0.15) is 0 Å². The first-order chi connectivity index (χ1) is 13.0. The summed E-state index contributed by atoms with van der Waals surface area (Å²) in [6, 6.07) is 5.80. The Hall–Kier alpha value is -2.28. The average molecular weight is 375 g/mol. The third-order valence-electron chi connectivity index (χ3n) is 5.48. The lowest BCUT2D eigenvalue weighted by Gasteiger charge is -2.20. The van der Waals surface area contributed by atoms with Gasteiger partial charge in [-0.1, -0.05) is 6.07 Å². The Balaban J connectivity index is 1.52. The van der Waals surface area contributed by atoms with Crippen LogP contribution in [0.15, 0.2) is 18.2 Å². The number of carbonyl (C=O) groups is 2. The number of nitrogens with zero attached hydrogens (tertiary/aromatic N) is 1. The fourth-order valence-corrected chi connectivity index (χ4v) is 3.63. The Bertz CT molecular complexity index is 690. The van der Waals surface area contributed by atoms with E-state index in [0.29, 0.717) is 43.5 Å². The highest BCUT2D eigenvalue weighted by Gasteiger charge is 2.37. The Morgan fingerprint density at radius 3 is 2.67 bits per heavy atom. The Labute approximate surface area is 160 Å². The maximum absolute atomic E-state index is 12.5. The van der Waals surface area contributed by atoms with E-state index in [0.717, 1.165) is 18.4 Å². The largest absolute Gasteiger partial charge is 0.493 e. The molecule has 0 aromatic heterocycles. The monoisotopic (exact) mass is 375 g/mol. The van der Waals surface area contributed by atoms with Gasteiger partial charge in [-0.25, -0.2) is 0 Å². The molecule has 7 nitrogen and oxygen atoms in total. The first-order valence-electron chi connectivity index (χ1n) is 9.54. The van der Waals surface area contributed by atoms with Crippen LogP contribution in [0.25, 0.3) is 0 Å². The lowest BCUT2D eigenvalue weighted by molar-refractivity contribution is -0.129. The summed E-state index contributed by atoms with van der Waals surface area (Å²) < 4.78 is 10.6. The molecule has 2 aliphatic rings. The molecule has 2 atom stereocenters. The minimum absolute atomic E-state index is 0.0337. The topological polar surface area (TPSA) is 93.9 Å². The molecule has 0 bridgehead atoms. The van der Waals surface area contributed by atoms with Crippen molar-refractivity contribution in [3.63, 3.8) is 0 Å². The van der Waals surface area contributed by atoms with Gasteiger partial charge in [0.2, 0.25) is 11.8 Å². The molecule has 3 N–H and O–H groups in total. The Kier molecular flexibility index (Phi) is 6.21. The second kappa shape index (κ2) is 8.61. The van der Waals surface area contributed by atoms with Crippen molar-refractivity contribution in [1.82, 2.24) is 10.2 Å². The highest BCUT2D eigenvalue weighted by Crippen LogP contribution is 2.32. The smallest absolute Gasteiger partial charge is 0.225 e. The molecule has 0 radical (unpaired) electrons. The first-order valence-corrected chi connectivity index (χ1v) is 9.54. The summed E-state index contributed by atoms with van der Waals surface area (Å²) in [5.41, 5.74) is 6.82. The van der Waals surface area contributed by atoms with Crippen LogP contribution in [-0.2, 0) is 16.0 Å². The minimum Gasteiger partial charge on any atom is -0.493 e. The van der Waals surface area contributed by atoms with Crippen molar-refractivity contribution < 1.29 is 19.1 Å². The van der Waals surface area contributed by atoms with E-state index in [2.05, 4.69) is 5.32 Å². The molecule has 1 heterocycles. The van der Waals surface area contributed by atoms with Crippen molar-refractivity contribution in [3.8, 4) is 11.5 Å². The molecule has 1 aromatic rings. The standard InChI is InChI=1S/C20H29N3O4/c1-26-17-6-3-13(9-18(17)27-2)7-8-23-12-15(10-19(23)24)20(25)22-16(11-21)14-4-5-14/h3,6,9,14-16H,4-5,7-8,10-12,21H2,1-2H3,(H,22,25). The summed E-state index contributed by atoms with van der Waals surface area (Å²) in [6.07, 6.45) is 3.24. The molecule has 27 heavy (non-hydrogen) atoms. The van der Waals surface area contributed by atoms with Crippen LogP contribution in [0, 0.1) is 11.8 Å². The molecule has 2 fully saturated rings. The van der Waals surface area contributed by atoms with E-state index in [1.807, 2.05) is 18.2 Å². The van der Waals surface area contributed by atoms with Crippen LogP contribution in [0.3, 0.4) is 0 Å². The van der Waals surface area contributed by atoms with Crippen LogP contribution >= 0.6 is 0 Å². The molecule has 148 valence electrons. The number of benzene rings is 1. The maximum Gasteiger partial charge on any atom is 0.225 e. The Morgan fingerprint density at radius 1 is 1.30 bits per heavy atom. The average Bonchev–Trinajstić information content (AvgIpc) is 3.46. The molecular weight excluding hydrogens is 346 g/mol. The van der Waals surface area contributed by atoms with E-state index in [-0.39, 0.29) is 30.2 Å². The zero-order valence-electron chi connectivity index (χ0n) is 16.1. The zero-order chi connectivity index (χ0) is 19.4. The molecular formula is C20H29N3O4. The van der Waals surface area contributed by atoms with Crippen LogP contribution in [0.4, 0.5) is 0 Å². The normalized spacial score (nSPS) is 20.5. The molecule has 1 saturated carbocycles. The van der Waals surface area contributed by atoms with Gasteiger partial charge in [-0.15, -0.1) is 0 Å². The third kappa shape index (κ3) is 4.71. The highest BCUT2D eigenvalue weighted by molar-refractivity contribution is 5.89. The van der Waals surface area contributed by atoms with Crippen molar-refractivity contribution in [3.05, 3.63) is 23.8 Å². The molecule has 1 aliphatic heterocycles. The fraction of sp³-hybridized carbons (Fsp3) is 0.600. The van der Waals surface area contributed by atoms with Gasteiger partial charge < -0.3 is 25.4 Å². The van der Waals surface area contributed by atoms with Gasteiger partial charge >= 0.3 is 0 Å². The lowest BCUT2D eigenvalue weighted by Crippen LogP contribution is -2.45. The zero-order valence-corrected chi connectivity index (χ0v) is 16.1. The number of likely N-dealkylation sites (tertiary alicyclic amines) is 1. The van der Waals surface area contributed by atoms with Crippen LogP contribution in [-0.4, -0.2) is 56.6 Å². The second-order valence-corrected chi connectivity index (χ2v) is 7.37. The second-order valence-electron chi connectivity index (χ2n) is 7.37. The van der Waals surface area contributed by atoms with Crippen molar-refractivity contribution in [2.45, 2.75) is 31.7 Å². The summed E-state index contributed by atoms with van der Waals surface area (Å²) in [5.74, 6) is 1.58. The van der Waals surface area contributed by atoms with Gasteiger partial charge in [0, 0.05) is 32.1 Å². The predicted molar refractivity (Wildman–Crippen MR) is 102 cm³/mol. The molecule has 0 spiro atoms. The van der Waals surface area contributed by atoms with Gasteiger partial charge in [0.25, 0.3) is 0 Å². The van der Waals surface area contributed by atoms with E-state index in [1.54, 1.807) is 19.1 Å². The van der Waals surface area contributed by atoms with E-state index >= 15 is 0 Å².